The van der Waals surface area contributed by atoms with Crippen LogP contribution in [0.3, 0.4) is 0 Å². The number of amides is 2. The Kier molecular flexibility index (Phi) is 7.07. The third-order valence-corrected chi connectivity index (χ3v) is 7.26. The van der Waals surface area contributed by atoms with Crippen molar-refractivity contribution < 1.29 is 19.2 Å². The zero-order valence-electron chi connectivity index (χ0n) is 19.3. The SMILES string of the molecule is O=C1S/C(=C/c2cc(Br)ccc2OCc2cccc([N+](=O)[O-])c2)C(=O)N1Cc1cccc2ccccc12. The number of benzene rings is 4. The maximum absolute atomic E-state index is 13.2. The van der Waals surface area contributed by atoms with Gasteiger partial charge in [0.2, 0.25) is 0 Å². The number of nitro groups is 1. The number of carbonyl (C=O) groups excluding carboxylic acids is 2. The van der Waals surface area contributed by atoms with E-state index >= 15 is 0 Å². The average Bonchev–Trinajstić information content (AvgIpc) is 3.16. The summed E-state index contributed by atoms with van der Waals surface area (Å²) in [5.74, 6) is 0.114. The van der Waals surface area contributed by atoms with Crippen molar-refractivity contribution in [2.75, 3.05) is 0 Å². The van der Waals surface area contributed by atoms with Crippen LogP contribution in [0.15, 0.2) is 94.3 Å². The van der Waals surface area contributed by atoms with Crippen LogP contribution in [0, 0.1) is 10.1 Å². The molecule has 0 aliphatic carbocycles. The largest absolute Gasteiger partial charge is 0.488 e. The lowest BCUT2D eigenvalue weighted by molar-refractivity contribution is -0.384. The smallest absolute Gasteiger partial charge is 0.293 e. The highest BCUT2D eigenvalue weighted by molar-refractivity contribution is 9.10. The molecule has 4 aromatic carbocycles. The number of thioether (sulfide) groups is 1. The van der Waals surface area contributed by atoms with Crippen LogP contribution < -0.4 is 4.74 Å². The van der Waals surface area contributed by atoms with Crippen LogP contribution in [-0.4, -0.2) is 21.0 Å². The molecule has 0 spiro atoms. The first kappa shape index (κ1) is 24.7. The monoisotopic (exact) mass is 574 g/mol. The summed E-state index contributed by atoms with van der Waals surface area (Å²) >= 11 is 4.33. The highest BCUT2D eigenvalue weighted by Crippen LogP contribution is 2.36. The van der Waals surface area contributed by atoms with Crippen molar-refractivity contribution in [2.45, 2.75) is 13.2 Å². The predicted molar refractivity (Wildman–Crippen MR) is 147 cm³/mol. The van der Waals surface area contributed by atoms with Crippen molar-refractivity contribution in [3.05, 3.63) is 121 Å². The van der Waals surface area contributed by atoms with E-state index < -0.39 is 4.92 Å². The Hall–Kier alpha value is -3.95. The Balaban J connectivity index is 1.38. The topological polar surface area (TPSA) is 89.7 Å². The van der Waals surface area contributed by atoms with Gasteiger partial charge in [0.1, 0.15) is 12.4 Å². The Morgan fingerprint density at radius 1 is 0.973 bits per heavy atom. The second-order valence-electron chi connectivity index (χ2n) is 8.30. The third kappa shape index (κ3) is 5.42. The van der Waals surface area contributed by atoms with Crippen LogP contribution >= 0.6 is 27.7 Å². The fourth-order valence-electron chi connectivity index (χ4n) is 4.06. The molecule has 2 amide bonds. The molecule has 1 aliphatic heterocycles. The molecule has 4 aromatic rings. The summed E-state index contributed by atoms with van der Waals surface area (Å²) in [6.07, 6.45) is 1.64. The molecule has 0 radical (unpaired) electrons. The number of halogens is 1. The lowest BCUT2D eigenvalue weighted by atomic mass is 10.0. The number of non-ortho nitro benzene ring substituents is 1. The number of fused-ring (bicyclic) bond motifs is 1. The van der Waals surface area contributed by atoms with E-state index in [9.17, 15) is 19.7 Å². The van der Waals surface area contributed by atoms with Crippen LogP contribution in [0.25, 0.3) is 16.8 Å². The van der Waals surface area contributed by atoms with Gasteiger partial charge in [0, 0.05) is 22.2 Å². The molecule has 184 valence electrons. The minimum atomic E-state index is -0.455. The normalized spacial score (nSPS) is 14.5. The Bertz CT molecular complexity index is 1580. The maximum Gasteiger partial charge on any atom is 0.293 e. The minimum absolute atomic E-state index is 0.0167. The molecule has 0 saturated carbocycles. The maximum atomic E-state index is 13.2. The lowest BCUT2D eigenvalue weighted by Crippen LogP contribution is -2.27. The molecular weight excluding hydrogens is 556 g/mol. The quantitative estimate of drug-likeness (QED) is 0.130. The zero-order valence-corrected chi connectivity index (χ0v) is 21.7. The fraction of sp³-hybridized carbons (Fsp3) is 0.0714. The number of imide groups is 1. The van der Waals surface area contributed by atoms with E-state index in [1.54, 1.807) is 36.4 Å². The molecule has 1 saturated heterocycles. The molecule has 37 heavy (non-hydrogen) atoms. The summed E-state index contributed by atoms with van der Waals surface area (Å²) < 4.78 is 6.72. The summed E-state index contributed by atoms with van der Waals surface area (Å²) in [5, 5.41) is 12.8. The highest BCUT2D eigenvalue weighted by atomic mass is 79.9. The van der Waals surface area contributed by atoms with Gasteiger partial charge >= 0.3 is 0 Å². The average molecular weight is 575 g/mol. The number of hydrogen-bond acceptors (Lipinski definition) is 6. The van der Waals surface area contributed by atoms with E-state index in [4.69, 9.17) is 4.74 Å². The summed E-state index contributed by atoms with van der Waals surface area (Å²) in [5.41, 5.74) is 2.12. The van der Waals surface area contributed by atoms with Crippen molar-refractivity contribution in [3.8, 4) is 5.75 Å². The van der Waals surface area contributed by atoms with Gasteiger partial charge in [0.25, 0.3) is 16.8 Å². The third-order valence-electron chi connectivity index (χ3n) is 5.86. The van der Waals surface area contributed by atoms with Gasteiger partial charge in [-0.25, -0.2) is 0 Å². The molecular formula is C28H19BrN2O5S. The van der Waals surface area contributed by atoms with Crippen molar-refractivity contribution in [1.29, 1.82) is 0 Å². The van der Waals surface area contributed by atoms with E-state index in [1.807, 2.05) is 42.5 Å². The number of ether oxygens (including phenoxy) is 1. The highest BCUT2D eigenvalue weighted by Gasteiger charge is 2.35. The fourth-order valence-corrected chi connectivity index (χ4v) is 5.27. The molecule has 7 nitrogen and oxygen atoms in total. The van der Waals surface area contributed by atoms with Crippen LogP contribution in [0.5, 0.6) is 5.75 Å². The lowest BCUT2D eigenvalue weighted by Gasteiger charge is -2.14. The van der Waals surface area contributed by atoms with Crippen molar-refractivity contribution >= 4 is 61.4 Å². The molecule has 0 unspecified atom stereocenters. The summed E-state index contributed by atoms with van der Waals surface area (Å²) in [7, 11) is 0. The van der Waals surface area contributed by atoms with Gasteiger partial charge < -0.3 is 4.74 Å². The number of rotatable bonds is 7. The molecule has 1 fully saturated rings. The number of carbonyl (C=O) groups is 2. The zero-order chi connectivity index (χ0) is 25.9. The molecule has 0 aromatic heterocycles. The van der Waals surface area contributed by atoms with Crippen molar-refractivity contribution in [2.24, 2.45) is 0 Å². The molecule has 1 heterocycles. The Morgan fingerprint density at radius 3 is 2.59 bits per heavy atom. The number of hydrogen-bond donors (Lipinski definition) is 0. The van der Waals surface area contributed by atoms with E-state index in [-0.39, 0.29) is 30.0 Å². The molecule has 5 rings (SSSR count). The predicted octanol–water partition coefficient (Wildman–Crippen LogP) is 7.33. The van der Waals surface area contributed by atoms with Gasteiger partial charge in [-0.2, -0.15) is 0 Å². The number of nitrogens with zero attached hydrogens (tertiary/aromatic N) is 2. The van der Waals surface area contributed by atoms with E-state index in [0.717, 1.165) is 32.6 Å². The van der Waals surface area contributed by atoms with Crippen LogP contribution in [-0.2, 0) is 17.9 Å². The van der Waals surface area contributed by atoms with Crippen LogP contribution in [0.2, 0.25) is 0 Å². The van der Waals surface area contributed by atoms with E-state index in [2.05, 4.69) is 15.9 Å². The minimum Gasteiger partial charge on any atom is -0.488 e. The van der Waals surface area contributed by atoms with Gasteiger partial charge in [-0.3, -0.25) is 24.6 Å². The van der Waals surface area contributed by atoms with Gasteiger partial charge in [-0.05, 0) is 57.9 Å². The standard InChI is InChI=1S/C28H19BrN2O5S/c29-22-11-12-25(36-17-18-5-3-9-23(13-18)31(34)35)21(14-22)15-26-27(32)30(28(33)37-26)16-20-8-4-7-19-6-1-2-10-24(19)20/h1-15H,16-17H2/b26-15+. The Morgan fingerprint density at radius 2 is 1.76 bits per heavy atom. The first-order valence-corrected chi connectivity index (χ1v) is 12.9. The molecule has 1 aliphatic rings. The van der Waals surface area contributed by atoms with E-state index in [0.29, 0.717) is 21.8 Å². The summed E-state index contributed by atoms with van der Waals surface area (Å²) in [6, 6.07) is 25.2. The number of nitro benzene ring substituents is 1. The molecule has 0 bridgehead atoms. The van der Waals surface area contributed by atoms with Crippen molar-refractivity contribution in [1.82, 2.24) is 4.90 Å². The molecule has 0 atom stereocenters. The second kappa shape index (κ2) is 10.6. The molecule has 9 heteroatoms. The van der Waals surface area contributed by atoms with Gasteiger partial charge in [0.05, 0.1) is 16.4 Å². The van der Waals surface area contributed by atoms with Gasteiger partial charge in [0.15, 0.2) is 0 Å². The van der Waals surface area contributed by atoms with Crippen molar-refractivity contribution in [3.63, 3.8) is 0 Å². The van der Waals surface area contributed by atoms with Gasteiger partial charge in [-0.1, -0.05) is 70.5 Å². The van der Waals surface area contributed by atoms with Crippen LogP contribution in [0.4, 0.5) is 10.5 Å². The van der Waals surface area contributed by atoms with E-state index in [1.165, 1.54) is 17.0 Å². The Labute approximate surface area is 225 Å². The van der Waals surface area contributed by atoms with Gasteiger partial charge in [-0.15, -0.1) is 0 Å². The summed E-state index contributed by atoms with van der Waals surface area (Å²) in [6.45, 7) is 0.282. The molecule has 0 N–H and O–H groups in total. The first-order chi connectivity index (χ1) is 17.9. The van der Waals surface area contributed by atoms with Crippen LogP contribution in [0.1, 0.15) is 16.7 Å². The first-order valence-electron chi connectivity index (χ1n) is 11.3. The summed E-state index contributed by atoms with van der Waals surface area (Å²) in [4.78, 5) is 38.2. The second-order valence-corrected chi connectivity index (χ2v) is 10.2.